The maximum Gasteiger partial charge on any atom is 0.495 e. The predicted molar refractivity (Wildman–Crippen MR) is 157 cm³/mol. The zero-order valence-corrected chi connectivity index (χ0v) is 24.4. The molecule has 0 atom stereocenters. The Labute approximate surface area is 225 Å². The zero-order valence-electron chi connectivity index (χ0n) is 24.4. The molecule has 1 saturated carbocycles. The highest BCUT2D eigenvalue weighted by Crippen LogP contribution is 2.41. The van der Waals surface area contributed by atoms with Crippen LogP contribution in [0.1, 0.15) is 114 Å². The van der Waals surface area contributed by atoms with Gasteiger partial charge in [-0.25, -0.2) is 0 Å². The van der Waals surface area contributed by atoms with E-state index < -0.39 is 5.60 Å². The molecular formula is C33H47BO3. The van der Waals surface area contributed by atoms with Gasteiger partial charge in [-0.3, -0.25) is 0 Å². The molecule has 1 N–H and O–H groups in total. The Bertz CT molecular complexity index is 1120. The van der Waals surface area contributed by atoms with Gasteiger partial charge in [-0.2, -0.15) is 0 Å². The predicted octanol–water partition coefficient (Wildman–Crippen LogP) is 7.42. The van der Waals surface area contributed by atoms with Gasteiger partial charge in [0.1, 0.15) is 0 Å². The van der Waals surface area contributed by atoms with Gasteiger partial charge in [0.2, 0.25) is 0 Å². The van der Waals surface area contributed by atoms with Gasteiger partial charge in [0.25, 0.3) is 0 Å². The zero-order chi connectivity index (χ0) is 27.1. The molecule has 1 aliphatic carbocycles. The molecule has 1 heterocycles. The third-order valence-corrected chi connectivity index (χ3v) is 9.65. The molecule has 0 amide bonds. The summed E-state index contributed by atoms with van der Waals surface area (Å²) in [6.07, 6.45) is 11.4. The van der Waals surface area contributed by atoms with E-state index in [1.807, 2.05) is 6.08 Å². The normalized spacial score (nSPS) is 21.1. The first-order chi connectivity index (χ1) is 17.4. The molecule has 1 aliphatic heterocycles. The molecule has 2 aromatic rings. The lowest BCUT2D eigenvalue weighted by Gasteiger charge is -2.34. The van der Waals surface area contributed by atoms with Crippen LogP contribution in [-0.2, 0) is 14.7 Å². The summed E-state index contributed by atoms with van der Waals surface area (Å²) in [6.45, 7) is 17.4. The van der Waals surface area contributed by atoms with Gasteiger partial charge in [-0.1, -0.05) is 87.2 Å². The second-order valence-electron chi connectivity index (χ2n) is 12.5. The minimum absolute atomic E-state index is 0.0617. The summed E-state index contributed by atoms with van der Waals surface area (Å²) < 4.78 is 12.7. The van der Waals surface area contributed by atoms with Crippen molar-refractivity contribution in [3.05, 3.63) is 70.3 Å². The van der Waals surface area contributed by atoms with Crippen LogP contribution in [-0.4, -0.2) is 29.0 Å². The topological polar surface area (TPSA) is 38.7 Å². The lowest BCUT2D eigenvalue weighted by Crippen LogP contribution is -2.41. The van der Waals surface area contributed by atoms with E-state index >= 15 is 0 Å². The van der Waals surface area contributed by atoms with Crippen LogP contribution in [0, 0.1) is 13.8 Å². The first-order valence-corrected chi connectivity index (χ1v) is 14.4. The molecular weight excluding hydrogens is 455 g/mol. The molecule has 37 heavy (non-hydrogen) atoms. The van der Waals surface area contributed by atoms with Gasteiger partial charge in [-0.15, -0.1) is 0 Å². The second kappa shape index (κ2) is 10.4. The first-order valence-electron chi connectivity index (χ1n) is 14.4. The number of hydrogen-bond acceptors (Lipinski definition) is 3. The number of benzene rings is 2. The summed E-state index contributed by atoms with van der Waals surface area (Å²) in [7, 11) is -0.344. The van der Waals surface area contributed by atoms with Gasteiger partial charge < -0.3 is 14.4 Å². The molecule has 4 rings (SSSR count). The van der Waals surface area contributed by atoms with Crippen molar-refractivity contribution in [3.63, 3.8) is 0 Å². The van der Waals surface area contributed by atoms with E-state index in [1.54, 1.807) is 0 Å². The van der Waals surface area contributed by atoms with Crippen molar-refractivity contribution >= 4 is 18.7 Å². The Balaban J connectivity index is 1.63. The molecule has 200 valence electrons. The fourth-order valence-electron chi connectivity index (χ4n) is 6.18. The molecule has 0 bridgehead atoms. The van der Waals surface area contributed by atoms with Crippen molar-refractivity contribution < 1.29 is 14.4 Å². The monoisotopic (exact) mass is 502 g/mol. The van der Waals surface area contributed by atoms with E-state index in [0.717, 1.165) is 44.0 Å². The van der Waals surface area contributed by atoms with Crippen molar-refractivity contribution in [1.82, 2.24) is 0 Å². The Hall–Kier alpha value is -1.88. The maximum atomic E-state index is 10.9. The third-order valence-electron chi connectivity index (χ3n) is 9.65. The molecule has 2 aromatic carbocycles. The van der Waals surface area contributed by atoms with Crippen LogP contribution in [0.5, 0.6) is 0 Å². The Morgan fingerprint density at radius 3 is 1.89 bits per heavy atom. The van der Waals surface area contributed by atoms with Crippen LogP contribution in [0.4, 0.5) is 0 Å². The highest BCUT2D eigenvalue weighted by molar-refractivity contribution is 6.62. The Morgan fingerprint density at radius 1 is 0.838 bits per heavy atom. The summed E-state index contributed by atoms with van der Waals surface area (Å²) in [5.74, 6) is 0. The number of aliphatic hydroxyl groups is 1. The van der Waals surface area contributed by atoms with E-state index in [-0.39, 0.29) is 23.7 Å². The third kappa shape index (κ3) is 5.35. The van der Waals surface area contributed by atoms with Gasteiger partial charge in [-0.05, 0) is 94.9 Å². The summed E-state index contributed by atoms with van der Waals surface area (Å²) in [6, 6.07) is 13.7. The summed E-state index contributed by atoms with van der Waals surface area (Å²) in [4.78, 5) is 0. The molecule has 0 spiro atoms. The highest BCUT2D eigenvalue weighted by atomic mass is 16.7. The lowest BCUT2D eigenvalue weighted by atomic mass is 9.68. The summed E-state index contributed by atoms with van der Waals surface area (Å²) in [5, 5.41) is 10.9. The van der Waals surface area contributed by atoms with Crippen molar-refractivity contribution in [2.75, 3.05) is 0 Å². The molecule has 2 aliphatic rings. The smallest absolute Gasteiger partial charge is 0.399 e. The van der Waals surface area contributed by atoms with E-state index in [0.29, 0.717) is 0 Å². The van der Waals surface area contributed by atoms with Crippen LogP contribution in [0.2, 0.25) is 0 Å². The standard InChI is InChI=1S/C33H47BO3/c1-9-33(10-2,27-15-14-26(24(3)22-27)18-21-32(35)19-12-11-13-20-32)28-16-17-29(25(4)23-28)34-36-30(5,6)31(7,8)37-34/h14-18,21-23,35H,9-13,19-20H2,1-8H3/b21-18+. The minimum atomic E-state index is -0.642. The number of aryl methyl sites for hydroxylation is 2. The molecule has 3 nitrogen and oxygen atoms in total. The second-order valence-corrected chi connectivity index (χ2v) is 12.5. The van der Waals surface area contributed by atoms with E-state index in [9.17, 15) is 5.11 Å². The summed E-state index contributed by atoms with van der Waals surface area (Å²) in [5.41, 5.74) is 6.06. The molecule has 0 unspecified atom stereocenters. The van der Waals surface area contributed by atoms with E-state index in [2.05, 4.69) is 97.9 Å². The van der Waals surface area contributed by atoms with E-state index in [4.69, 9.17) is 9.31 Å². The molecule has 1 saturated heterocycles. The van der Waals surface area contributed by atoms with Crippen LogP contribution >= 0.6 is 0 Å². The molecule has 2 fully saturated rings. The highest BCUT2D eigenvalue weighted by Gasteiger charge is 2.52. The van der Waals surface area contributed by atoms with E-state index in [1.165, 1.54) is 34.2 Å². The largest absolute Gasteiger partial charge is 0.495 e. The number of hydrogen-bond donors (Lipinski definition) is 1. The fraction of sp³-hybridized carbons (Fsp3) is 0.576. The van der Waals surface area contributed by atoms with Gasteiger partial charge in [0, 0.05) is 5.41 Å². The fourth-order valence-corrected chi connectivity index (χ4v) is 6.18. The average molecular weight is 503 g/mol. The van der Waals surface area contributed by atoms with Crippen molar-refractivity contribution in [2.24, 2.45) is 0 Å². The Morgan fingerprint density at radius 2 is 1.38 bits per heavy atom. The molecule has 4 heteroatoms. The Kier molecular flexibility index (Phi) is 7.88. The quantitative estimate of drug-likeness (QED) is 0.401. The SMILES string of the molecule is CCC(CC)(c1ccc(/C=C/C2(O)CCCCC2)c(C)c1)c1ccc(B2OC(C)(C)C(C)(C)O2)c(C)c1. The molecule has 0 radical (unpaired) electrons. The van der Waals surface area contributed by atoms with Crippen molar-refractivity contribution in [3.8, 4) is 0 Å². The number of rotatable bonds is 7. The van der Waals surface area contributed by atoms with Crippen LogP contribution in [0.3, 0.4) is 0 Å². The maximum absolute atomic E-state index is 10.9. The van der Waals surface area contributed by atoms with Crippen LogP contribution in [0.25, 0.3) is 6.08 Å². The van der Waals surface area contributed by atoms with Gasteiger partial charge >= 0.3 is 7.12 Å². The van der Waals surface area contributed by atoms with Crippen LogP contribution < -0.4 is 5.46 Å². The average Bonchev–Trinajstić information content (AvgIpc) is 3.06. The van der Waals surface area contributed by atoms with Crippen LogP contribution in [0.15, 0.2) is 42.5 Å². The minimum Gasteiger partial charge on any atom is -0.399 e. The van der Waals surface area contributed by atoms with Crippen molar-refractivity contribution in [1.29, 1.82) is 0 Å². The molecule has 0 aromatic heterocycles. The first kappa shape index (κ1) is 28.1. The van der Waals surface area contributed by atoms with Gasteiger partial charge in [0.05, 0.1) is 16.8 Å². The van der Waals surface area contributed by atoms with Crippen molar-refractivity contribution in [2.45, 2.75) is 123 Å². The lowest BCUT2D eigenvalue weighted by molar-refractivity contribution is 0.00578. The van der Waals surface area contributed by atoms with Gasteiger partial charge in [0.15, 0.2) is 0 Å². The summed E-state index contributed by atoms with van der Waals surface area (Å²) >= 11 is 0.